The monoisotopic (exact) mass is 506 g/mol. The molecular formula is C22H27ClN6O4S. The smallest absolute Gasteiger partial charge is 0.301 e. The van der Waals surface area contributed by atoms with Crippen molar-refractivity contribution in [3.63, 3.8) is 0 Å². The van der Waals surface area contributed by atoms with E-state index in [1.807, 2.05) is 0 Å². The predicted octanol–water partition coefficient (Wildman–Crippen LogP) is 2.41. The van der Waals surface area contributed by atoms with Gasteiger partial charge in [-0.15, -0.1) is 0 Å². The Labute approximate surface area is 203 Å². The Morgan fingerprint density at radius 2 is 2.00 bits per heavy atom. The van der Waals surface area contributed by atoms with Gasteiger partial charge in [-0.25, -0.2) is 4.68 Å². The number of anilines is 2. The van der Waals surface area contributed by atoms with E-state index in [1.54, 1.807) is 30.3 Å². The van der Waals surface area contributed by atoms with Crippen LogP contribution in [-0.4, -0.2) is 55.4 Å². The lowest BCUT2D eigenvalue weighted by Crippen LogP contribution is -2.52. The third-order valence-corrected chi connectivity index (χ3v) is 8.18. The van der Waals surface area contributed by atoms with E-state index in [2.05, 4.69) is 21.2 Å². The predicted molar refractivity (Wildman–Crippen MR) is 129 cm³/mol. The third-order valence-electron chi connectivity index (χ3n) is 6.28. The summed E-state index contributed by atoms with van der Waals surface area (Å²) in [6, 6.07) is 10.8. The second-order valence-electron chi connectivity index (χ2n) is 8.57. The summed E-state index contributed by atoms with van der Waals surface area (Å²) in [6.45, 7) is 2.15. The number of nitriles is 1. The van der Waals surface area contributed by atoms with Gasteiger partial charge < -0.3 is 10.1 Å². The first kappa shape index (κ1) is 24.5. The number of nitrogens with one attached hydrogen (secondary N) is 2. The van der Waals surface area contributed by atoms with E-state index in [0.29, 0.717) is 30.4 Å². The average Bonchev–Trinajstić information content (AvgIpc) is 2.86. The second-order valence-corrected chi connectivity index (χ2v) is 10.6. The van der Waals surface area contributed by atoms with Gasteiger partial charge >= 0.3 is 10.2 Å². The highest BCUT2D eigenvalue weighted by atomic mass is 35.5. The molecule has 2 N–H and O–H groups in total. The SMILES string of the molecule is N#CC1(n2ncc(NC[C@@H]3CCCOC3)c(Cl)c2=O)CCN(S(=O)(=O)Nc2ccccc2)CC1. The number of benzene rings is 1. The van der Waals surface area contributed by atoms with Gasteiger partial charge in [-0.05, 0) is 30.9 Å². The standard InChI is InChI=1S/C22H27ClN6O4S/c23-20-19(25-13-17-5-4-12-33-15-17)14-26-29(21(20)30)22(16-24)8-10-28(11-9-22)34(31,32)27-18-6-2-1-3-7-18/h1-3,6-7,14,17,25,27H,4-5,8-13,15H2/t17-/m0/s1. The fourth-order valence-electron chi connectivity index (χ4n) is 4.27. The molecule has 0 spiro atoms. The number of para-hydroxylation sites is 1. The van der Waals surface area contributed by atoms with Crippen LogP contribution in [0.4, 0.5) is 11.4 Å². The molecule has 34 heavy (non-hydrogen) atoms. The molecule has 2 aliphatic heterocycles. The summed E-state index contributed by atoms with van der Waals surface area (Å²) in [6.07, 6.45) is 3.69. The van der Waals surface area contributed by atoms with Crippen molar-refractivity contribution in [2.45, 2.75) is 31.2 Å². The summed E-state index contributed by atoms with van der Waals surface area (Å²) in [5.74, 6) is 0.327. The van der Waals surface area contributed by atoms with Crippen LogP contribution in [0.1, 0.15) is 25.7 Å². The van der Waals surface area contributed by atoms with Crippen LogP contribution in [0.25, 0.3) is 0 Å². The van der Waals surface area contributed by atoms with Crippen molar-refractivity contribution in [2.75, 3.05) is 42.9 Å². The van der Waals surface area contributed by atoms with E-state index in [0.717, 1.165) is 24.1 Å². The van der Waals surface area contributed by atoms with Crippen LogP contribution in [0.3, 0.4) is 0 Å². The molecule has 12 heteroatoms. The molecule has 10 nitrogen and oxygen atoms in total. The van der Waals surface area contributed by atoms with Gasteiger partial charge in [0.25, 0.3) is 5.56 Å². The van der Waals surface area contributed by atoms with E-state index < -0.39 is 21.3 Å². The van der Waals surface area contributed by atoms with Crippen LogP contribution in [0.5, 0.6) is 0 Å². The van der Waals surface area contributed by atoms with Crippen molar-refractivity contribution in [3.8, 4) is 6.07 Å². The fourth-order valence-corrected chi connectivity index (χ4v) is 5.69. The molecule has 2 aromatic rings. The summed E-state index contributed by atoms with van der Waals surface area (Å²) < 4.78 is 35.9. The van der Waals surface area contributed by atoms with Gasteiger partial charge in [0, 0.05) is 44.8 Å². The Morgan fingerprint density at radius 1 is 1.26 bits per heavy atom. The summed E-state index contributed by atoms with van der Waals surface area (Å²) in [5.41, 5.74) is -0.998. The van der Waals surface area contributed by atoms with Gasteiger partial charge in [0.05, 0.1) is 24.6 Å². The Kier molecular flexibility index (Phi) is 7.42. The molecule has 0 unspecified atom stereocenters. The quantitative estimate of drug-likeness (QED) is 0.589. The molecular weight excluding hydrogens is 480 g/mol. The Bertz CT molecular complexity index is 1200. The zero-order chi connectivity index (χ0) is 24.2. The minimum Gasteiger partial charge on any atom is -0.382 e. The van der Waals surface area contributed by atoms with Crippen LogP contribution >= 0.6 is 11.6 Å². The van der Waals surface area contributed by atoms with Gasteiger partial charge in [0.2, 0.25) is 0 Å². The van der Waals surface area contributed by atoms with E-state index in [4.69, 9.17) is 16.3 Å². The number of nitrogens with zero attached hydrogens (tertiary/aromatic N) is 4. The molecule has 0 bridgehead atoms. The maximum atomic E-state index is 13.0. The molecule has 0 aliphatic carbocycles. The van der Waals surface area contributed by atoms with Crippen molar-refractivity contribution < 1.29 is 13.2 Å². The molecule has 4 rings (SSSR count). The lowest BCUT2D eigenvalue weighted by Gasteiger charge is -2.36. The molecule has 1 atom stereocenters. The lowest BCUT2D eigenvalue weighted by atomic mass is 9.90. The third kappa shape index (κ3) is 5.20. The number of hydrogen-bond acceptors (Lipinski definition) is 7. The molecule has 2 fully saturated rings. The summed E-state index contributed by atoms with van der Waals surface area (Å²) in [7, 11) is -3.80. The van der Waals surface area contributed by atoms with E-state index in [-0.39, 0.29) is 31.0 Å². The van der Waals surface area contributed by atoms with Crippen molar-refractivity contribution in [3.05, 3.63) is 51.9 Å². The maximum absolute atomic E-state index is 13.0. The van der Waals surface area contributed by atoms with Crippen molar-refractivity contribution in [1.29, 1.82) is 5.26 Å². The molecule has 1 aromatic heterocycles. The zero-order valence-corrected chi connectivity index (χ0v) is 20.2. The number of piperidine rings is 1. The molecule has 3 heterocycles. The van der Waals surface area contributed by atoms with E-state index >= 15 is 0 Å². The maximum Gasteiger partial charge on any atom is 0.301 e. The number of rotatable bonds is 7. The molecule has 182 valence electrons. The van der Waals surface area contributed by atoms with Gasteiger partial charge in [-0.2, -0.15) is 23.1 Å². The van der Waals surface area contributed by atoms with Crippen LogP contribution in [0.15, 0.2) is 41.3 Å². The van der Waals surface area contributed by atoms with Gasteiger partial charge in [-0.3, -0.25) is 9.52 Å². The first-order valence-corrected chi connectivity index (χ1v) is 13.0. The lowest BCUT2D eigenvalue weighted by molar-refractivity contribution is 0.0595. The normalized spacial score (nSPS) is 20.9. The van der Waals surface area contributed by atoms with Gasteiger partial charge in [0.1, 0.15) is 5.02 Å². The molecule has 1 aromatic carbocycles. The van der Waals surface area contributed by atoms with E-state index in [9.17, 15) is 18.5 Å². The number of hydrogen-bond donors (Lipinski definition) is 2. The van der Waals surface area contributed by atoms with E-state index in [1.165, 1.54) is 10.5 Å². The van der Waals surface area contributed by atoms with Gasteiger partial charge in [-0.1, -0.05) is 29.8 Å². The summed E-state index contributed by atoms with van der Waals surface area (Å²) in [5, 5.41) is 17.3. The minimum absolute atomic E-state index is 0.0397. The minimum atomic E-state index is -3.80. The molecule has 0 radical (unpaired) electrons. The summed E-state index contributed by atoms with van der Waals surface area (Å²) in [4.78, 5) is 13.0. The van der Waals surface area contributed by atoms with Gasteiger partial charge in [0.15, 0.2) is 5.54 Å². The van der Waals surface area contributed by atoms with Crippen LogP contribution in [0.2, 0.25) is 5.02 Å². The fraction of sp³-hybridized carbons (Fsp3) is 0.500. The highest BCUT2D eigenvalue weighted by Crippen LogP contribution is 2.30. The Morgan fingerprint density at radius 3 is 2.65 bits per heavy atom. The molecule has 2 saturated heterocycles. The molecule has 0 amide bonds. The Balaban J connectivity index is 1.46. The largest absolute Gasteiger partial charge is 0.382 e. The average molecular weight is 507 g/mol. The van der Waals surface area contributed by atoms with Crippen LogP contribution in [-0.2, 0) is 20.5 Å². The topological polar surface area (TPSA) is 129 Å². The van der Waals surface area contributed by atoms with Crippen LogP contribution in [0, 0.1) is 17.2 Å². The zero-order valence-electron chi connectivity index (χ0n) is 18.6. The highest BCUT2D eigenvalue weighted by molar-refractivity contribution is 7.90. The molecule has 2 aliphatic rings. The first-order chi connectivity index (χ1) is 16.3. The highest BCUT2D eigenvalue weighted by Gasteiger charge is 2.42. The summed E-state index contributed by atoms with van der Waals surface area (Å²) >= 11 is 6.35. The second kappa shape index (κ2) is 10.3. The molecule has 0 saturated carbocycles. The first-order valence-electron chi connectivity index (χ1n) is 11.2. The Hall–Kier alpha value is -2.65. The number of halogens is 1. The van der Waals surface area contributed by atoms with Crippen molar-refractivity contribution in [2.24, 2.45) is 5.92 Å². The van der Waals surface area contributed by atoms with Crippen molar-refractivity contribution >= 4 is 33.2 Å². The van der Waals surface area contributed by atoms with Crippen LogP contribution < -0.4 is 15.6 Å². The number of ether oxygens (including phenoxy) is 1. The number of aromatic nitrogens is 2. The van der Waals surface area contributed by atoms with Crippen molar-refractivity contribution in [1.82, 2.24) is 14.1 Å².